The van der Waals surface area contributed by atoms with Gasteiger partial charge >= 0.3 is 10.0 Å². The minimum absolute atomic E-state index is 0.0557. The first-order valence-electron chi connectivity index (χ1n) is 9.83. The van der Waals surface area contributed by atoms with Crippen LogP contribution in [0.15, 0.2) is 71.6 Å². The number of nitrogens with zero attached hydrogens (tertiary/aromatic N) is 2. The molecule has 0 aromatic heterocycles. The number of hydrogen-bond acceptors (Lipinski definition) is 4. The molecule has 3 aromatic carbocycles. The molecule has 0 saturated heterocycles. The lowest BCUT2D eigenvalue weighted by molar-refractivity contribution is -0.118. The van der Waals surface area contributed by atoms with Crippen molar-refractivity contribution in [2.45, 2.75) is 25.3 Å². The number of carbonyl (C=O) groups is 1. The predicted molar refractivity (Wildman–Crippen MR) is 125 cm³/mol. The number of aryl methyl sites for hydroxylation is 1. The fourth-order valence-corrected chi connectivity index (χ4v) is 5.89. The zero-order valence-electron chi connectivity index (χ0n) is 17.7. The molecule has 3 aromatic rings. The first-order chi connectivity index (χ1) is 15.1. The van der Waals surface area contributed by atoms with E-state index < -0.39 is 26.4 Å². The molecular weight excluding hydrogens is 446 g/mol. The molecule has 164 valence electrons. The van der Waals surface area contributed by atoms with Gasteiger partial charge in [0.15, 0.2) is 12.2 Å². The minimum Gasteiger partial charge on any atom is -0.365 e. The number of amides is 1. The number of nitrogens with two attached hydrogens (primary N) is 1. The Balaban J connectivity index is 2.38. The number of nitriles is 1. The lowest BCUT2D eigenvalue weighted by Gasteiger charge is -2.36. The van der Waals surface area contributed by atoms with E-state index in [1.165, 1.54) is 12.1 Å². The van der Waals surface area contributed by atoms with Crippen molar-refractivity contribution in [2.75, 3.05) is 6.54 Å². The lowest BCUT2D eigenvalue weighted by atomic mass is 10.1. The fraction of sp³-hybridized carbons (Fsp3) is 0.167. The largest absolute Gasteiger partial charge is 0.365 e. The van der Waals surface area contributed by atoms with Gasteiger partial charge in [0.05, 0.1) is 11.6 Å². The molecule has 32 heavy (non-hydrogen) atoms. The summed E-state index contributed by atoms with van der Waals surface area (Å²) in [6.45, 7) is 2.95. The number of sulfonamides is 1. The highest BCUT2D eigenvalue weighted by molar-refractivity contribution is 7.91. The predicted octanol–water partition coefficient (Wildman–Crippen LogP) is 4.21. The molecule has 0 heterocycles. The second kappa shape index (κ2) is 9.13. The molecule has 3 rings (SSSR count). The van der Waals surface area contributed by atoms with Gasteiger partial charge in [0.1, 0.15) is 11.4 Å². The zero-order valence-corrected chi connectivity index (χ0v) is 19.3. The zero-order chi connectivity index (χ0) is 23.5. The molecule has 1 unspecified atom stereocenters. The molecule has 0 bridgehead atoms. The summed E-state index contributed by atoms with van der Waals surface area (Å²) in [6, 6.07) is 20.1. The van der Waals surface area contributed by atoms with Crippen LogP contribution in [-0.2, 0) is 21.4 Å². The molecule has 0 fully saturated rings. The van der Waals surface area contributed by atoms with Crippen LogP contribution in [0.2, 0.25) is 5.02 Å². The maximum absolute atomic E-state index is 14.2. The molecule has 0 aliphatic carbocycles. The molecular formula is C24H23ClN3O3S+. The Labute approximate surface area is 193 Å². The molecule has 0 aliphatic rings. The first-order valence-corrected chi connectivity index (χ1v) is 11.6. The first kappa shape index (κ1) is 23.5. The summed E-state index contributed by atoms with van der Waals surface area (Å²) in [5, 5.41) is 9.68. The van der Waals surface area contributed by atoms with E-state index in [1.807, 2.05) is 6.92 Å². The Morgan fingerprint density at radius 2 is 1.72 bits per heavy atom. The number of rotatable bonds is 7. The van der Waals surface area contributed by atoms with Crippen molar-refractivity contribution in [3.63, 3.8) is 0 Å². The van der Waals surface area contributed by atoms with Gasteiger partial charge in [-0.25, -0.2) is 0 Å². The average molecular weight is 469 g/mol. The monoisotopic (exact) mass is 468 g/mol. The summed E-state index contributed by atoms with van der Waals surface area (Å²) in [5.41, 5.74) is 8.34. The molecule has 1 amide bonds. The van der Waals surface area contributed by atoms with E-state index >= 15 is 0 Å². The summed E-state index contributed by atoms with van der Waals surface area (Å²) in [5.74, 6) is -0.781. The van der Waals surface area contributed by atoms with Crippen LogP contribution >= 0.6 is 11.6 Å². The van der Waals surface area contributed by atoms with Crippen LogP contribution in [0.1, 0.15) is 22.3 Å². The topological polar surface area (TPSA) is 101 Å². The second-order valence-corrected chi connectivity index (χ2v) is 10.2. The van der Waals surface area contributed by atoms with Crippen LogP contribution in [-0.4, -0.2) is 20.9 Å². The molecule has 6 nitrogen and oxygen atoms in total. The third-order valence-electron chi connectivity index (χ3n) is 5.36. The third-order valence-corrected chi connectivity index (χ3v) is 8.01. The molecule has 0 radical (unpaired) electrons. The van der Waals surface area contributed by atoms with E-state index in [2.05, 4.69) is 6.07 Å². The van der Waals surface area contributed by atoms with E-state index in [4.69, 9.17) is 17.3 Å². The number of benzene rings is 3. The number of halogens is 1. The Morgan fingerprint density at radius 3 is 2.34 bits per heavy atom. The van der Waals surface area contributed by atoms with Crippen LogP contribution in [0.4, 0.5) is 5.69 Å². The van der Waals surface area contributed by atoms with Crippen LogP contribution < -0.4 is 9.62 Å². The van der Waals surface area contributed by atoms with Crippen LogP contribution in [0.3, 0.4) is 0 Å². The van der Waals surface area contributed by atoms with Gasteiger partial charge in [0.25, 0.3) is 5.91 Å². The van der Waals surface area contributed by atoms with E-state index in [1.54, 1.807) is 61.5 Å². The number of primary amides is 1. The quantitative estimate of drug-likeness (QED) is 0.525. The summed E-state index contributed by atoms with van der Waals surface area (Å²) in [6.07, 6.45) is 0. The van der Waals surface area contributed by atoms with E-state index in [-0.39, 0.29) is 11.4 Å². The molecule has 0 saturated carbocycles. The summed E-state index contributed by atoms with van der Waals surface area (Å²) in [7, 11) is -4.19. The van der Waals surface area contributed by atoms with Crippen molar-refractivity contribution in [1.82, 2.24) is 3.89 Å². The highest BCUT2D eigenvalue weighted by Gasteiger charge is 2.48. The number of hydrogen-bond donors (Lipinski definition) is 1. The standard InChI is InChI=1S/C24H22ClN3O3S/c1-17-9-11-21(12-10-17)32(30,31)28(16-24(27)29,23-8-4-7-22(25)18(23)2)15-20-6-3-5-19(13-20)14-26/h3-13H,15-16H2,1-2H3,(H-,27,29)/p+1. The number of carbonyl (C=O) groups excluding carboxylic acids is 1. The van der Waals surface area contributed by atoms with Crippen molar-refractivity contribution in [3.05, 3.63) is 94.0 Å². The fourth-order valence-electron chi connectivity index (χ4n) is 3.76. The Hall–Kier alpha value is -3.18. The van der Waals surface area contributed by atoms with Gasteiger partial charge in [-0.3, -0.25) is 4.79 Å². The highest BCUT2D eigenvalue weighted by Crippen LogP contribution is 2.39. The van der Waals surface area contributed by atoms with Gasteiger partial charge in [-0.2, -0.15) is 17.6 Å². The normalized spacial score (nSPS) is 13.2. The Morgan fingerprint density at radius 1 is 1.06 bits per heavy atom. The van der Waals surface area contributed by atoms with E-state index in [0.29, 0.717) is 27.4 Å². The van der Waals surface area contributed by atoms with E-state index in [0.717, 1.165) is 5.56 Å². The Bertz CT molecular complexity index is 1320. The highest BCUT2D eigenvalue weighted by atomic mass is 35.5. The van der Waals surface area contributed by atoms with Crippen LogP contribution in [0, 0.1) is 25.2 Å². The average Bonchev–Trinajstić information content (AvgIpc) is 2.75. The van der Waals surface area contributed by atoms with Gasteiger partial charge in [0, 0.05) is 22.2 Å². The lowest BCUT2D eigenvalue weighted by Crippen LogP contribution is -2.57. The second-order valence-electron chi connectivity index (χ2n) is 7.66. The van der Waals surface area contributed by atoms with Gasteiger partial charge < -0.3 is 5.73 Å². The van der Waals surface area contributed by atoms with E-state index in [9.17, 15) is 18.5 Å². The van der Waals surface area contributed by atoms with Crippen molar-refractivity contribution in [1.29, 1.82) is 5.26 Å². The SMILES string of the molecule is Cc1ccc(S(=O)(=O)[N+](CC(N)=O)(Cc2cccc(C#N)c2)c2cccc(Cl)c2C)cc1. The molecule has 1 atom stereocenters. The Kier molecular flexibility index (Phi) is 6.70. The molecule has 2 N–H and O–H groups in total. The maximum atomic E-state index is 14.2. The molecule has 0 aliphatic heterocycles. The third kappa shape index (κ3) is 4.39. The van der Waals surface area contributed by atoms with Crippen LogP contribution in [0.25, 0.3) is 0 Å². The summed E-state index contributed by atoms with van der Waals surface area (Å²) < 4.78 is 27.6. The van der Waals surface area contributed by atoms with Crippen molar-refractivity contribution in [2.24, 2.45) is 5.73 Å². The van der Waals surface area contributed by atoms with Gasteiger partial charge in [-0.15, -0.1) is 0 Å². The molecule has 8 heteroatoms. The smallest absolute Gasteiger partial charge is 0.332 e. The number of quaternary nitrogens is 1. The van der Waals surface area contributed by atoms with Gasteiger partial charge in [-0.05, 0) is 44.2 Å². The summed E-state index contributed by atoms with van der Waals surface area (Å²) >= 11 is 6.36. The summed E-state index contributed by atoms with van der Waals surface area (Å²) in [4.78, 5) is 12.3. The molecule has 0 spiro atoms. The van der Waals surface area contributed by atoms with Crippen LogP contribution in [0.5, 0.6) is 0 Å². The van der Waals surface area contributed by atoms with Gasteiger partial charge in [-0.1, -0.05) is 47.5 Å². The van der Waals surface area contributed by atoms with Gasteiger partial charge in [0.2, 0.25) is 0 Å². The minimum atomic E-state index is -4.19. The van der Waals surface area contributed by atoms with Crippen molar-refractivity contribution < 1.29 is 13.2 Å². The van der Waals surface area contributed by atoms with Crippen molar-refractivity contribution in [3.8, 4) is 6.07 Å². The maximum Gasteiger partial charge on any atom is 0.332 e. The van der Waals surface area contributed by atoms with Crippen molar-refractivity contribution >= 4 is 33.2 Å².